The summed E-state index contributed by atoms with van der Waals surface area (Å²) in [5.74, 6) is 0.456. The van der Waals surface area contributed by atoms with Crippen LogP contribution in [0.1, 0.15) is 16.8 Å². The largest absolute Gasteiger partial charge is 0.337 e. The number of rotatable bonds is 3. The van der Waals surface area contributed by atoms with E-state index in [1.165, 1.54) is 0 Å². The molecule has 3 aromatic rings. The molecule has 1 fully saturated rings. The fourth-order valence-electron chi connectivity index (χ4n) is 3.42. The highest BCUT2D eigenvalue weighted by atomic mass is 35.5. The van der Waals surface area contributed by atoms with Gasteiger partial charge in [-0.15, -0.1) is 0 Å². The Morgan fingerprint density at radius 1 is 0.839 bits per heavy atom. The molecule has 0 radical (unpaired) electrons. The number of halogens is 1. The van der Waals surface area contributed by atoms with E-state index in [4.69, 9.17) is 11.6 Å². The van der Waals surface area contributed by atoms with Crippen LogP contribution in [0.4, 0.5) is 10.5 Å². The molecule has 3 amide bonds. The van der Waals surface area contributed by atoms with Crippen LogP contribution in [0, 0.1) is 0 Å². The highest BCUT2D eigenvalue weighted by Crippen LogP contribution is 2.16. The lowest BCUT2D eigenvalue weighted by atomic mass is 10.2. The van der Waals surface area contributed by atoms with E-state index in [-0.39, 0.29) is 11.9 Å². The van der Waals surface area contributed by atoms with Crippen LogP contribution in [0.2, 0.25) is 5.02 Å². The number of carbonyl (C=O) groups excluding carboxylic acids is 2. The Kier molecular flexibility index (Phi) is 6.43. The summed E-state index contributed by atoms with van der Waals surface area (Å²) in [7, 11) is 0. The lowest BCUT2D eigenvalue weighted by Gasteiger charge is -2.22. The lowest BCUT2D eigenvalue weighted by molar-refractivity contribution is 0.0762. The van der Waals surface area contributed by atoms with Gasteiger partial charge in [0.15, 0.2) is 5.82 Å². The Hall–Kier alpha value is -3.45. The fraction of sp³-hybridized carbons (Fsp3) is 0.217. The second-order valence-electron chi connectivity index (χ2n) is 7.23. The summed E-state index contributed by atoms with van der Waals surface area (Å²) in [5, 5.41) is 3.48. The van der Waals surface area contributed by atoms with Crippen LogP contribution in [-0.2, 0) is 0 Å². The van der Waals surface area contributed by atoms with Crippen molar-refractivity contribution >= 4 is 29.2 Å². The molecule has 1 N–H and O–H groups in total. The highest BCUT2D eigenvalue weighted by Gasteiger charge is 2.23. The molecule has 1 aromatic heterocycles. The molecular weight excluding hydrogens is 414 g/mol. The Morgan fingerprint density at radius 2 is 1.48 bits per heavy atom. The van der Waals surface area contributed by atoms with E-state index >= 15 is 0 Å². The molecule has 0 unspecified atom stereocenters. The molecule has 1 aliphatic heterocycles. The van der Waals surface area contributed by atoms with Crippen molar-refractivity contribution in [3.05, 3.63) is 77.6 Å². The average Bonchev–Trinajstić information content (AvgIpc) is 3.07. The van der Waals surface area contributed by atoms with E-state index in [1.807, 2.05) is 30.3 Å². The molecular formula is C23H22ClN5O2. The molecule has 0 saturated carbocycles. The molecule has 2 aromatic carbocycles. The summed E-state index contributed by atoms with van der Waals surface area (Å²) in [6, 6.07) is 16.4. The molecule has 0 aliphatic carbocycles. The predicted octanol–water partition coefficient (Wildman–Crippen LogP) is 4.18. The first-order chi connectivity index (χ1) is 15.1. The predicted molar refractivity (Wildman–Crippen MR) is 120 cm³/mol. The van der Waals surface area contributed by atoms with Gasteiger partial charge in [-0.25, -0.2) is 14.8 Å². The van der Waals surface area contributed by atoms with Gasteiger partial charge in [0.05, 0.1) is 5.56 Å². The van der Waals surface area contributed by atoms with Gasteiger partial charge in [-0.1, -0.05) is 41.9 Å². The van der Waals surface area contributed by atoms with E-state index < -0.39 is 0 Å². The summed E-state index contributed by atoms with van der Waals surface area (Å²) >= 11 is 5.89. The van der Waals surface area contributed by atoms with E-state index in [1.54, 1.807) is 46.5 Å². The van der Waals surface area contributed by atoms with Gasteiger partial charge in [0.1, 0.15) is 0 Å². The quantitative estimate of drug-likeness (QED) is 0.669. The van der Waals surface area contributed by atoms with Crippen LogP contribution in [0.25, 0.3) is 11.4 Å². The Balaban J connectivity index is 1.36. The average molecular weight is 436 g/mol. The number of urea groups is 1. The van der Waals surface area contributed by atoms with Crippen LogP contribution in [0.3, 0.4) is 0 Å². The normalized spacial score (nSPS) is 14.1. The van der Waals surface area contributed by atoms with E-state index in [0.717, 1.165) is 5.56 Å². The second-order valence-corrected chi connectivity index (χ2v) is 7.67. The van der Waals surface area contributed by atoms with Crippen molar-refractivity contribution < 1.29 is 9.59 Å². The van der Waals surface area contributed by atoms with Crippen LogP contribution < -0.4 is 5.32 Å². The Bertz CT molecular complexity index is 1040. The Labute approximate surface area is 185 Å². The van der Waals surface area contributed by atoms with Crippen LogP contribution in [0.15, 0.2) is 67.0 Å². The van der Waals surface area contributed by atoms with Gasteiger partial charge in [0, 0.05) is 54.8 Å². The van der Waals surface area contributed by atoms with Crippen LogP contribution >= 0.6 is 11.6 Å². The number of aromatic nitrogens is 2. The Morgan fingerprint density at radius 3 is 2.19 bits per heavy atom. The molecule has 2 heterocycles. The van der Waals surface area contributed by atoms with E-state index in [2.05, 4.69) is 15.3 Å². The van der Waals surface area contributed by atoms with Gasteiger partial charge in [0.2, 0.25) is 0 Å². The number of nitrogens with one attached hydrogen (secondary N) is 1. The highest BCUT2D eigenvalue weighted by molar-refractivity contribution is 6.30. The van der Waals surface area contributed by atoms with Crippen molar-refractivity contribution in [1.29, 1.82) is 0 Å². The molecule has 7 nitrogen and oxygen atoms in total. The van der Waals surface area contributed by atoms with Crippen molar-refractivity contribution in [1.82, 2.24) is 19.8 Å². The van der Waals surface area contributed by atoms with Gasteiger partial charge in [0.25, 0.3) is 5.91 Å². The number of carbonyl (C=O) groups is 2. The summed E-state index contributed by atoms with van der Waals surface area (Å²) in [6.45, 7) is 2.05. The van der Waals surface area contributed by atoms with Crippen LogP contribution in [0.5, 0.6) is 0 Å². The first-order valence-electron chi connectivity index (χ1n) is 10.1. The van der Waals surface area contributed by atoms with Crippen LogP contribution in [-0.4, -0.2) is 57.9 Å². The number of anilines is 1. The summed E-state index contributed by atoms with van der Waals surface area (Å²) < 4.78 is 0. The standard InChI is InChI=1S/C23H22ClN5O2/c24-19-7-9-20(10-8-19)27-23(31)29-12-4-11-28(13-14-29)22(30)18-15-25-21(26-16-18)17-5-2-1-3-6-17/h1-3,5-10,15-16H,4,11-14H2,(H,27,31). The maximum atomic E-state index is 12.9. The summed E-state index contributed by atoms with van der Waals surface area (Å²) in [6.07, 6.45) is 3.82. The minimum absolute atomic E-state index is 0.125. The summed E-state index contributed by atoms with van der Waals surface area (Å²) in [4.78, 5) is 37.6. The lowest BCUT2D eigenvalue weighted by Crippen LogP contribution is -2.39. The zero-order valence-corrected chi connectivity index (χ0v) is 17.6. The number of amides is 3. The maximum Gasteiger partial charge on any atom is 0.321 e. The van der Waals surface area contributed by atoms with Crippen molar-refractivity contribution in [2.45, 2.75) is 6.42 Å². The van der Waals surface area contributed by atoms with Crippen molar-refractivity contribution in [2.75, 3.05) is 31.5 Å². The number of nitrogens with zero attached hydrogens (tertiary/aromatic N) is 4. The topological polar surface area (TPSA) is 78.4 Å². The molecule has 4 rings (SSSR count). The molecule has 0 bridgehead atoms. The first kappa shape index (κ1) is 20.8. The molecule has 1 saturated heterocycles. The van der Waals surface area contributed by atoms with Gasteiger partial charge >= 0.3 is 6.03 Å². The smallest absolute Gasteiger partial charge is 0.321 e. The zero-order chi connectivity index (χ0) is 21.6. The first-order valence-corrected chi connectivity index (χ1v) is 10.5. The molecule has 8 heteroatoms. The number of benzene rings is 2. The maximum absolute atomic E-state index is 12.9. The third-order valence-corrected chi connectivity index (χ3v) is 5.35. The molecule has 31 heavy (non-hydrogen) atoms. The van der Waals surface area contributed by atoms with Gasteiger partial charge < -0.3 is 15.1 Å². The third kappa shape index (κ3) is 5.19. The molecule has 1 aliphatic rings. The van der Waals surface area contributed by atoms with Crippen molar-refractivity contribution in [3.63, 3.8) is 0 Å². The van der Waals surface area contributed by atoms with Crippen molar-refractivity contribution in [2.24, 2.45) is 0 Å². The number of hydrogen-bond donors (Lipinski definition) is 1. The zero-order valence-electron chi connectivity index (χ0n) is 16.9. The third-order valence-electron chi connectivity index (χ3n) is 5.10. The monoisotopic (exact) mass is 435 g/mol. The second kappa shape index (κ2) is 9.57. The van der Waals surface area contributed by atoms with E-state index in [9.17, 15) is 9.59 Å². The minimum atomic E-state index is -0.188. The fourth-order valence-corrected chi connectivity index (χ4v) is 3.54. The van der Waals surface area contributed by atoms with E-state index in [0.29, 0.717) is 54.7 Å². The summed E-state index contributed by atoms with van der Waals surface area (Å²) in [5.41, 5.74) is 2.03. The number of hydrogen-bond acceptors (Lipinski definition) is 4. The minimum Gasteiger partial charge on any atom is -0.337 e. The molecule has 0 spiro atoms. The van der Waals surface area contributed by atoms with Crippen molar-refractivity contribution in [3.8, 4) is 11.4 Å². The van der Waals surface area contributed by atoms with Gasteiger partial charge in [-0.05, 0) is 30.7 Å². The SMILES string of the molecule is O=C(Nc1ccc(Cl)cc1)N1CCCN(C(=O)c2cnc(-c3ccccc3)nc2)CC1. The molecule has 0 atom stereocenters. The van der Waals surface area contributed by atoms with Gasteiger partial charge in [-0.2, -0.15) is 0 Å². The molecule has 158 valence electrons. The van der Waals surface area contributed by atoms with Gasteiger partial charge in [-0.3, -0.25) is 4.79 Å².